The predicted octanol–water partition coefficient (Wildman–Crippen LogP) is 3.27. The Balaban J connectivity index is 2.02. The van der Waals surface area contributed by atoms with Crippen LogP contribution in [0, 0.1) is 0 Å². The number of ether oxygens (including phenoxy) is 3. The lowest BCUT2D eigenvalue weighted by atomic mass is 9.94. The maximum Gasteiger partial charge on any atom is 0.338 e. The van der Waals surface area contributed by atoms with Crippen LogP contribution in [0.15, 0.2) is 56.8 Å². The van der Waals surface area contributed by atoms with Gasteiger partial charge in [-0.15, -0.1) is 11.3 Å². The van der Waals surface area contributed by atoms with Gasteiger partial charge in [-0.2, -0.15) is 0 Å². The van der Waals surface area contributed by atoms with Gasteiger partial charge in [0.25, 0.3) is 5.56 Å². The number of aromatic nitrogens is 1. The summed E-state index contributed by atoms with van der Waals surface area (Å²) < 4.78 is 18.7. The van der Waals surface area contributed by atoms with Gasteiger partial charge in [0, 0.05) is 10.4 Å². The Morgan fingerprint density at radius 2 is 2.00 bits per heavy atom. The molecule has 0 aliphatic carbocycles. The van der Waals surface area contributed by atoms with Crippen molar-refractivity contribution < 1.29 is 19.0 Å². The van der Waals surface area contributed by atoms with Gasteiger partial charge in [0.1, 0.15) is 17.5 Å². The molecule has 1 atom stereocenters. The molecule has 4 rings (SSSR count). The summed E-state index contributed by atoms with van der Waals surface area (Å²) >= 11 is 2.83. The maximum absolute atomic E-state index is 13.6. The second-order valence-electron chi connectivity index (χ2n) is 7.66. The van der Waals surface area contributed by atoms with Gasteiger partial charge in [-0.05, 0) is 56.5 Å². The predicted molar refractivity (Wildman–Crippen MR) is 129 cm³/mol. The van der Waals surface area contributed by atoms with Gasteiger partial charge in [-0.1, -0.05) is 17.4 Å². The second kappa shape index (κ2) is 9.36. The van der Waals surface area contributed by atoms with E-state index in [0.29, 0.717) is 37.7 Å². The highest BCUT2D eigenvalue weighted by atomic mass is 32.1. The smallest absolute Gasteiger partial charge is 0.338 e. The van der Waals surface area contributed by atoms with Crippen LogP contribution in [0.5, 0.6) is 11.5 Å². The number of methoxy groups -OCH3 is 2. The molecule has 172 valence electrons. The average Bonchev–Trinajstić information content (AvgIpc) is 3.40. The molecule has 9 heteroatoms. The number of hydrogen-bond acceptors (Lipinski definition) is 8. The molecular weight excluding hydrogens is 460 g/mol. The minimum atomic E-state index is -0.775. The van der Waals surface area contributed by atoms with Crippen LogP contribution in [0.3, 0.4) is 0 Å². The van der Waals surface area contributed by atoms with Crippen molar-refractivity contribution in [1.29, 1.82) is 0 Å². The topological polar surface area (TPSA) is 79.1 Å². The van der Waals surface area contributed by atoms with E-state index in [0.717, 1.165) is 4.88 Å². The maximum atomic E-state index is 13.6. The van der Waals surface area contributed by atoms with Crippen molar-refractivity contribution in [2.75, 3.05) is 14.2 Å². The summed E-state index contributed by atoms with van der Waals surface area (Å²) in [5, 5.41) is 1.96. The molecular formula is C24H24N2O5S2. The molecule has 0 N–H and O–H groups in total. The summed E-state index contributed by atoms with van der Waals surface area (Å²) in [4.78, 5) is 32.9. The third kappa shape index (κ3) is 4.38. The summed E-state index contributed by atoms with van der Waals surface area (Å²) in [5.41, 5.74) is 1.18. The monoisotopic (exact) mass is 484 g/mol. The molecule has 1 aromatic carbocycles. The van der Waals surface area contributed by atoms with Crippen molar-refractivity contribution in [2.24, 2.45) is 4.99 Å². The Bertz CT molecular complexity index is 1400. The fourth-order valence-electron chi connectivity index (χ4n) is 3.71. The van der Waals surface area contributed by atoms with Crippen molar-refractivity contribution in [3.8, 4) is 11.5 Å². The molecule has 1 aliphatic heterocycles. The van der Waals surface area contributed by atoms with Gasteiger partial charge in [0.2, 0.25) is 0 Å². The van der Waals surface area contributed by atoms with E-state index in [9.17, 15) is 9.59 Å². The molecule has 3 heterocycles. The molecule has 0 bridgehead atoms. The fraction of sp³-hybridized carbons (Fsp3) is 0.292. The minimum absolute atomic E-state index is 0.232. The van der Waals surface area contributed by atoms with E-state index < -0.39 is 12.0 Å². The molecule has 7 nitrogen and oxygen atoms in total. The lowest BCUT2D eigenvalue weighted by Crippen LogP contribution is -2.40. The van der Waals surface area contributed by atoms with E-state index >= 15 is 0 Å². The number of esters is 1. The summed E-state index contributed by atoms with van der Waals surface area (Å²) in [5.74, 6) is 0.588. The van der Waals surface area contributed by atoms with Crippen LogP contribution >= 0.6 is 22.7 Å². The first-order valence-electron chi connectivity index (χ1n) is 10.3. The molecule has 0 fully saturated rings. The first-order valence-corrected chi connectivity index (χ1v) is 12.0. The Hall–Kier alpha value is -3.17. The van der Waals surface area contributed by atoms with E-state index in [-0.39, 0.29) is 11.7 Å². The summed E-state index contributed by atoms with van der Waals surface area (Å²) in [6.07, 6.45) is 1.52. The van der Waals surface area contributed by atoms with E-state index in [1.807, 2.05) is 23.6 Å². The van der Waals surface area contributed by atoms with Crippen molar-refractivity contribution in [3.05, 3.63) is 77.1 Å². The zero-order valence-corrected chi connectivity index (χ0v) is 20.6. The molecule has 0 saturated carbocycles. The number of fused-ring (bicyclic) bond motifs is 1. The zero-order chi connectivity index (χ0) is 23.7. The Labute approximate surface area is 198 Å². The molecule has 0 radical (unpaired) electrons. The number of allylic oxidation sites excluding steroid dienone is 1. The summed E-state index contributed by atoms with van der Waals surface area (Å²) in [6, 6.07) is 8.41. The quantitative estimate of drug-likeness (QED) is 0.502. The molecule has 3 aromatic rings. The number of thiophene rings is 1. The van der Waals surface area contributed by atoms with Crippen LogP contribution in [0.4, 0.5) is 0 Å². The van der Waals surface area contributed by atoms with E-state index in [4.69, 9.17) is 14.2 Å². The van der Waals surface area contributed by atoms with Crippen LogP contribution in [0.25, 0.3) is 6.08 Å². The van der Waals surface area contributed by atoms with Gasteiger partial charge in [0.15, 0.2) is 4.80 Å². The molecule has 0 unspecified atom stereocenters. The Morgan fingerprint density at radius 3 is 2.64 bits per heavy atom. The van der Waals surface area contributed by atoms with Crippen LogP contribution < -0.4 is 24.4 Å². The normalized spacial score (nSPS) is 15.9. The SMILES string of the molecule is COc1ccc(OC)c([C@H]2C(C(=O)OC(C)C)=C(C)N=c3s/c(=C/c4cccs4)c(=O)n32)c1. The van der Waals surface area contributed by atoms with Gasteiger partial charge in [0.05, 0.1) is 36.1 Å². The van der Waals surface area contributed by atoms with Gasteiger partial charge < -0.3 is 14.2 Å². The van der Waals surface area contributed by atoms with Crippen LogP contribution in [-0.4, -0.2) is 30.9 Å². The lowest BCUT2D eigenvalue weighted by Gasteiger charge is -2.26. The first-order chi connectivity index (χ1) is 15.8. The third-order valence-electron chi connectivity index (χ3n) is 5.13. The number of thiazole rings is 1. The molecule has 0 spiro atoms. The number of nitrogens with zero attached hydrogens (tertiary/aromatic N) is 2. The Kier molecular flexibility index (Phi) is 6.53. The third-order valence-corrected chi connectivity index (χ3v) is 6.93. The van der Waals surface area contributed by atoms with E-state index in [1.165, 1.54) is 11.3 Å². The van der Waals surface area contributed by atoms with Crippen molar-refractivity contribution in [2.45, 2.75) is 32.9 Å². The van der Waals surface area contributed by atoms with Crippen molar-refractivity contribution >= 4 is 34.7 Å². The van der Waals surface area contributed by atoms with Crippen LogP contribution in [0.1, 0.15) is 37.3 Å². The highest BCUT2D eigenvalue weighted by molar-refractivity contribution is 7.11. The average molecular weight is 485 g/mol. The number of benzene rings is 1. The second-order valence-corrected chi connectivity index (χ2v) is 9.65. The van der Waals surface area contributed by atoms with Crippen LogP contribution in [-0.2, 0) is 9.53 Å². The molecule has 0 saturated heterocycles. The van der Waals surface area contributed by atoms with Gasteiger partial charge >= 0.3 is 5.97 Å². The van der Waals surface area contributed by atoms with E-state index in [2.05, 4.69) is 4.99 Å². The number of carbonyl (C=O) groups excluding carboxylic acids is 1. The minimum Gasteiger partial charge on any atom is -0.497 e. The molecule has 2 aromatic heterocycles. The van der Waals surface area contributed by atoms with Crippen molar-refractivity contribution in [3.63, 3.8) is 0 Å². The largest absolute Gasteiger partial charge is 0.497 e. The standard InChI is InChI=1S/C24H24N2O5S2/c1-13(2)31-23(28)20-14(3)25-24-26(22(27)19(33-24)12-16-7-6-10-32-16)21(20)17-11-15(29-4)8-9-18(17)30-5/h6-13,21H,1-5H3/b19-12+/t21-/m0/s1. The number of carbonyl (C=O) groups is 1. The molecule has 1 aliphatic rings. The van der Waals surface area contributed by atoms with Crippen LogP contribution in [0.2, 0.25) is 0 Å². The number of hydrogen-bond donors (Lipinski definition) is 0. The lowest BCUT2D eigenvalue weighted by molar-refractivity contribution is -0.143. The van der Waals surface area contributed by atoms with Gasteiger partial charge in [-0.3, -0.25) is 9.36 Å². The highest BCUT2D eigenvalue weighted by Gasteiger charge is 2.35. The molecule has 0 amide bonds. The van der Waals surface area contributed by atoms with E-state index in [1.54, 1.807) is 69.1 Å². The molecule has 33 heavy (non-hydrogen) atoms. The zero-order valence-electron chi connectivity index (χ0n) is 18.9. The van der Waals surface area contributed by atoms with Gasteiger partial charge in [-0.25, -0.2) is 9.79 Å². The summed E-state index contributed by atoms with van der Waals surface area (Å²) in [7, 11) is 3.11. The fourth-order valence-corrected chi connectivity index (χ4v) is 5.48. The highest BCUT2D eigenvalue weighted by Crippen LogP contribution is 2.38. The Morgan fingerprint density at radius 1 is 1.21 bits per heavy atom. The number of rotatable bonds is 6. The van der Waals surface area contributed by atoms with Crippen molar-refractivity contribution in [1.82, 2.24) is 4.57 Å². The first kappa shape index (κ1) is 23.0. The summed E-state index contributed by atoms with van der Waals surface area (Å²) in [6.45, 7) is 5.32.